The van der Waals surface area contributed by atoms with Crippen LogP contribution in [0.2, 0.25) is 0 Å². The first-order chi connectivity index (χ1) is 6.29. The Labute approximate surface area is 78.3 Å². The molecule has 1 saturated carbocycles. The smallest absolute Gasteiger partial charge is 0.335 e. The number of hydrogen-bond acceptors (Lipinski definition) is 2. The monoisotopic (exact) mass is 178 g/mol. The molecule has 0 amide bonds. The molecular weight excluding hydrogens is 164 g/mol. The summed E-state index contributed by atoms with van der Waals surface area (Å²) < 4.78 is 5.19. The van der Waals surface area contributed by atoms with E-state index in [1.165, 1.54) is 24.5 Å². The van der Waals surface area contributed by atoms with Crippen LogP contribution in [0.1, 0.15) is 32.1 Å². The summed E-state index contributed by atoms with van der Waals surface area (Å²) >= 11 is 0. The van der Waals surface area contributed by atoms with Crippen LogP contribution < -0.4 is 0 Å². The lowest BCUT2D eigenvalue weighted by Crippen LogP contribution is -2.07. The Morgan fingerprint density at radius 3 is 3.00 bits per heavy atom. The van der Waals surface area contributed by atoms with Crippen molar-refractivity contribution in [1.82, 2.24) is 0 Å². The highest BCUT2D eigenvalue weighted by molar-refractivity contribution is 5.82. The second-order valence-corrected chi connectivity index (χ2v) is 3.80. The van der Waals surface area contributed by atoms with Crippen LogP contribution >= 0.6 is 0 Å². The molecule has 70 valence electrons. The van der Waals surface area contributed by atoms with E-state index in [1.54, 1.807) is 0 Å². The predicted octanol–water partition coefficient (Wildman–Crippen LogP) is 2.56. The molecule has 13 heavy (non-hydrogen) atoms. The Morgan fingerprint density at radius 1 is 1.46 bits per heavy atom. The number of ether oxygens (including phenoxy) is 1. The molecule has 0 aromatic carbocycles. The minimum absolute atomic E-state index is 0.312. The predicted molar refractivity (Wildman–Crippen MR) is 49.9 cm³/mol. The number of esters is 1. The number of hydrogen-bond donors (Lipinski definition) is 0. The molecule has 1 atom stereocenters. The van der Waals surface area contributed by atoms with Gasteiger partial charge in [-0.25, -0.2) is 4.79 Å². The van der Waals surface area contributed by atoms with Crippen molar-refractivity contribution in [1.29, 1.82) is 0 Å². The maximum atomic E-state index is 11.0. The van der Waals surface area contributed by atoms with Gasteiger partial charge >= 0.3 is 5.97 Å². The zero-order valence-electron chi connectivity index (χ0n) is 7.71. The minimum Gasteiger partial charge on any atom is -0.428 e. The maximum absolute atomic E-state index is 11.0. The van der Waals surface area contributed by atoms with Gasteiger partial charge in [-0.3, -0.25) is 0 Å². The van der Waals surface area contributed by atoms with Crippen LogP contribution in [0.15, 0.2) is 24.0 Å². The van der Waals surface area contributed by atoms with Crippen molar-refractivity contribution in [2.75, 3.05) is 0 Å². The van der Waals surface area contributed by atoms with Gasteiger partial charge in [-0.05, 0) is 37.2 Å². The van der Waals surface area contributed by atoms with E-state index in [1.807, 2.05) is 0 Å². The van der Waals surface area contributed by atoms with E-state index in [4.69, 9.17) is 4.74 Å². The molecule has 0 spiro atoms. The van der Waals surface area contributed by atoms with E-state index >= 15 is 0 Å². The molecule has 0 N–H and O–H groups in total. The Bertz CT molecular complexity index is 276. The second-order valence-electron chi connectivity index (χ2n) is 3.80. The molecule has 2 aliphatic carbocycles. The normalized spacial score (nSPS) is 26.0. The number of carbonyl (C=O) groups is 1. The summed E-state index contributed by atoms with van der Waals surface area (Å²) in [6.45, 7) is 3.39. The third-order valence-electron chi connectivity index (χ3n) is 2.95. The average molecular weight is 178 g/mol. The molecule has 0 aliphatic heterocycles. The van der Waals surface area contributed by atoms with Gasteiger partial charge < -0.3 is 4.74 Å². The fourth-order valence-corrected chi connectivity index (χ4v) is 2.23. The SMILES string of the molecule is C=CC(=O)OC1=C2CCC(CC1)C2. The largest absolute Gasteiger partial charge is 0.428 e. The first-order valence-electron chi connectivity index (χ1n) is 4.84. The Morgan fingerprint density at radius 2 is 2.23 bits per heavy atom. The molecule has 2 heteroatoms. The van der Waals surface area contributed by atoms with Crippen molar-refractivity contribution < 1.29 is 9.53 Å². The minimum atomic E-state index is -0.312. The van der Waals surface area contributed by atoms with Crippen LogP contribution in [0.4, 0.5) is 0 Å². The van der Waals surface area contributed by atoms with Gasteiger partial charge in [0.1, 0.15) is 5.76 Å². The van der Waals surface area contributed by atoms with Crippen molar-refractivity contribution in [2.45, 2.75) is 32.1 Å². The van der Waals surface area contributed by atoms with Crippen LogP contribution in [-0.4, -0.2) is 5.97 Å². The quantitative estimate of drug-likeness (QED) is 0.480. The molecule has 1 unspecified atom stereocenters. The molecule has 1 fully saturated rings. The first-order valence-corrected chi connectivity index (χ1v) is 4.84. The molecule has 0 aromatic rings. The standard InChI is InChI=1S/C11H14O2/c1-2-11(12)13-10-6-4-8-3-5-9(10)7-8/h2,8H,1,3-7H2. The summed E-state index contributed by atoms with van der Waals surface area (Å²) in [6, 6.07) is 0. The highest BCUT2D eigenvalue weighted by atomic mass is 16.5. The molecule has 0 radical (unpaired) electrons. The number of rotatable bonds is 2. The third kappa shape index (κ3) is 1.67. The lowest BCUT2D eigenvalue weighted by atomic mass is 9.95. The van der Waals surface area contributed by atoms with Crippen molar-refractivity contribution in [3.8, 4) is 0 Å². The van der Waals surface area contributed by atoms with Gasteiger partial charge in [-0.1, -0.05) is 6.58 Å². The van der Waals surface area contributed by atoms with Gasteiger partial charge in [0, 0.05) is 12.5 Å². The van der Waals surface area contributed by atoms with Crippen LogP contribution in [0, 0.1) is 5.92 Å². The number of fused-ring (bicyclic) bond motifs is 2. The number of allylic oxidation sites excluding steroid dienone is 2. The zero-order valence-corrected chi connectivity index (χ0v) is 7.71. The highest BCUT2D eigenvalue weighted by Gasteiger charge is 2.28. The Hall–Kier alpha value is -1.05. The number of carbonyl (C=O) groups excluding carboxylic acids is 1. The molecule has 0 heterocycles. The summed E-state index contributed by atoms with van der Waals surface area (Å²) in [4.78, 5) is 11.0. The molecule has 0 aromatic heterocycles. The van der Waals surface area contributed by atoms with Gasteiger partial charge in [0.2, 0.25) is 0 Å². The van der Waals surface area contributed by atoms with E-state index in [2.05, 4.69) is 6.58 Å². The van der Waals surface area contributed by atoms with E-state index in [-0.39, 0.29) is 5.97 Å². The summed E-state index contributed by atoms with van der Waals surface area (Å²) in [5, 5.41) is 0. The van der Waals surface area contributed by atoms with E-state index < -0.39 is 0 Å². The summed E-state index contributed by atoms with van der Waals surface area (Å²) in [5.41, 5.74) is 1.37. The summed E-state index contributed by atoms with van der Waals surface area (Å²) in [7, 11) is 0. The van der Waals surface area contributed by atoms with E-state index in [0.29, 0.717) is 0 Å². The topological polar surface area (TPSA) is 26.3 Å². The molecule has 0 saturated heterocycles. The Balaban J connectivity index is 2.09. The molecule has 2 aliphatic rings. The van der Waals surface area contributed by atoms with Gasteiger partial charge in [-0.15, -0.1) is 0 Å². The Kier molecular flexibility index (Phi) is 2.21. The second kappa shape index (κ2) is 3.36. The molecule has 2 rings (SSSR count). The van der Waals surface area contributed by atoms with Crippen LogP contribution in [0.25, 0.3) is 0 Å². The highest BCUT2D eigenvalue weighted by Crippen LogP contribution is 2.41. The van der Waals surface area contributed by atoms with Crippen LogP contribution in [-0.2, 0) is 9.53 Å². The van der Waals surface area contributed by atoms with E-state index in [0.717, 1.165) is 30.9 Å². The van der Waals surface area contributed by atoms with Gasteiger partial charge in [0.05, 0.1) is 0 Å². The lowest BCUT2D eigenvalue weighted by molar-refractivity contribution is -0.134. The first kappa shape index (κ1) is 8.54. The summed E-state index contributed by atoms with van der Waals surface area (Å²) in [6.07, 6.45) is 6.92. The van der Waals surface area contributed by atoms with Crippen LogP contribution in [0.5, 0.6) is 0 Å². The van der Waals surface area contributed by atoms with Gasteiger partial charge in [0.25, 0.3) is 0 Å². The fraction of sp³-hybridized carbons (Fsp3) is 0.545. The van der Waals surface area contributed by atoms with Crippen LogP contribution in [0.3, 0.4) is 0 Å². The maximum Gasteiger partial charge on any atom is 0.335 e. The zero-order chi connectivity index (χ0) is 9.26. The fourth-order valence-electron chi connectivity index (χ4n) is 2.23. The lowest BCUT2D eigenvalue weighted by Gasteiger charge is -2.17. The van der Waals surface area contributed by atoms with Gasteiger partial charge in [-0.2, -0.15) is 0 Å². The average Bonchev–Trinajstić information content (AvgIpc) is 2.54. The van der Waals surface area contributed by atoms with Crippen molar-refractivity contribution in [2.24, 2.45) is 5.92 Å². The molecule has 2 nitrogen and oxygen atoms in total. The van der Waals surface area contributed by atoms with Crippen molar-refractivity contribution >= 4 is 5.97 Å². The summed E-state index contributed by atoms with van der Waals surface area (Å²) in [5.74, 6) is 1.48. The molecular formula is C11H14O2. The van der Waals surface area contributed by atoms with Crippen molar-refractivity contribution in [3.05, 3.63) is 24.0 Å². The third-order valence-corrected chi connectivity index (χ3v) is 2.95. The van der Waals surface area contributed by atoms with E-state index in [9.17, 15) is 4.79 Å². The van der Waals surface area contributed by atoms with Gasteiger partial charge in [0.15, 0.2) is 0 Å². The molecule has 2 bridgehead atoms. The van der Waals surface area contributed by atoms with Crippen molar-refractivity contribution in [3.63, 3.8) is 0 Å².